The highest BCUT2D eigenvalue weighted by Crippen LogP contribution is 2.39. The number of aromatic nitrogens is 3. The molecule has 35 heavy (non-hydrogen) atoms. The van der Waals surface area contributed by atoms with Crippen molar-refractivity contribution in [2.45, 2.75) is 52.4 Å². The van der Waals surface area contributed by atoms with Gasteiger partial charge in [0, 0.05) is 22.3 Å². The SMILES string of the molecule is CC(C)(C)c1ccc(-c2nnnc(-c3ccc(C(C)(C)C)cc3)c2-c2cc(C#N)ccc2F)cc1. The molecule has 0 atom stereocenters. The molecule has 0 unspecified atom stereocenters. The lowest BCUT2D eigenvalue weighted by Gasteiger charge is -2.20. The van der Waals surface area contributed by atoms with Gasteiger partial charge in [0.05, 0.1) is 11.6 Å². The topological polar surface area (TPSA) is 62.5 Å². The number of halogens is 1. The van der Waals surface area contributed by atoms with Gasteiger partial charge in [-0.2, -0.15) is 5.26 Å². The van der Waals surface area contributed by atoms with E-state index in [0.29, 0.717) is 22.5 Å². The molecule has 0 spiro atoms. The fourth-order valence-electron chi connectivity index (χ4n) is 4.03. The van der Waals surface area contributed by atoms with Crippen LogP contribution in [0.2, 0.25) is 0 Å². The first-order valence-corrected chi connectivity index (χ1v) is 11.6. The molecule has 3 aromatic carbocycles. The quantitative estimate of drug-likeness (QED) is 0.315. The van der Waals surface area contributed by atoms with Crippen molar-refractivity contribution in [2.75, 3.05) is 0 Å². The summed E-state index contributed by atoms with van der Waals surface area (Å²) in [4.78, 5) is 0. The highest BCUT2D eigenvalue weighted by Gasteiger charge is 2.22. The van der Waals surface area contributed by atoms with Crippen LogP contribution in [0.15, 0.2) is 66.7 Å². The maximum atomic E-state index is 15.2. The van der Waals surface area contributed by atoms with Crippen molar-refractivity contribution in [1.29, 1.82) is 5.26 Å². The normalized spacial score (nSPS) is 11.8. The third-order valence-corrected chi connectivity index (χ3v) is 6.18. The second-order valence-corrected chi connectivity index (χ2v) is 10.8. The van der Waals surface area contributed by atoms with E-state index in [9.17, 15) is 5.26 Å². The van der Waals surface area contributed by atoms with Crippen LogP contribution in [0.5, 0.6) is 0 Å². The molecule has 0 bridgehead atoms. The average molecular weight is 465 g/mol. The van der Waals surface area contributed by atoms with Gasteiger partial charge in [-0.3, -0.25) is 0 Å². The molecule has 0 fully saturated rings. The van der Waals surface area contributed by atoms with Gasteiger partial charge < -0.3 is 0 Å². The van der Waals surface area contributed by atoms with Crippen LogP contribution in [0.1, 0.15) is 58.2 Å². The number of hydrogen-bond donors (Lipinski definition) is 0. The Balaban J connectivity index is 1.98. The molecule has 0 saturated carbocycles. The minimum atomic E-state index is -0.445. The predicted octanol–water partition coefficient (Wildman–Crippen LogP) is 7.48. The zero-order valence-electron chi connectivity index (χ0n) is 21.0. The van der Waals surface area contributed by atoms with E-state index in [2.05, 4.69) is 87.3 Å². The number of nitriles is 1. The van der Waals surface area contributed by atoms with Gasteiger partial charge in [-0.05, 0) is 45.4 Å². The maximum absolute atomic E-state index is 15.2. The summed E-state index contributed by atoms with van der Waals surface area (Å²) in [6, 6.07) is 22.6. The van der Waals surface area contributed by atoms with E-state index in [1.165, 1.54) is 23.3 Å². The first-order valence-electron chi connectivity index (χ1n) is 11.6. The summed E-state index contributed by atoms with van der Waals surface area (Å²) in [5.41, 5.74) is 6.15. The lowest BCUT2D eigenvalue weighted by Crippen LogP contribution is -2.11. The van der Waals surface area contributed by atoms with E-state index in [0.717, 1.165) is 11.1 Å². The van der Waals surface area contributed by atoms with Crippen LogP contribution in [-0.2, 0) is 10.8 Å². The Kier molecular flexibility index (Phi) is 6.25. The minimum absolute atomic E-state index is 0.00151. The summed E-state index contributed by atoms with van der Waals surface area (Å²) in [7, 11) is 0. The summed E-state index contributed by atoms with van der Waals surface area (Å²) in [6.07, 6.45) is 0. The van der Waals surface area contributed by atoms with E-state index in [1.807, 2.05) is 24.3 Å². The Morgan fingerprint density at radius 2 is 1.14 bits per heavy atom. The standard InChI is InChI=1S/C30H29FN4/c1-29(2,3)22-12-8-20(9-13-22)27-26(24-17-19(18-32)7-16-25(24)31)28(34-35-33-27)21-10-14-23(15-11-21)30(4,5)6/h7-17H,1-6H3. The van der Waals surface area contributed by atoms with Crippen molar-refractivity contribution < 1.29 is 4.39 Å². The lowest BCUT2D eigenvalue weighted by molar-refractivity contribution is 0.590. The summed E-state index contributed by atoms with van der Waals surface area (Å²) in [5, 5.41) is 22.2. The maximum Gasteiger partial charge on any atom is 0.131 e. The summed E-state index contributed by atoms with van der Waals surface area (Å²) < 4.78 is 15.2. The van der Waals surface area contributed by atoms with Crippen molar-refractivity contribution in [3.63, 3.8) is 0 Å². The Bertz CT molecular complexity index is 1330. The first-order chi connectivity index (χ1) is 16.5. The number of hydrogen-bond acceptors (Lipinski definition) is 4. The van der Waals surface area contributed by atoms with Crippen molar-refractivity contribution in [2.24, 2.45) is 0 Å². The number of rotatable bonds is 3. The minimum Gasteiger partial charge on any atom is -0.206 e. The van der Waals surface area contributed by atoms with Crippen molar-refractivity contribution in [3.8, 4) is 39.7 Å². The van der Waals surface area contributed by atoms with E-state index < -0.39 is 5.82 Å². The van der Waals surface area contributed by atoms with E-state index in [4.69, 9.17) is 0 Å². The molecule has 0 aliphatic heterocycles. The van der Waals surface area contributed by atoms with Gasteiger partial charge in [-0.25, -0.2) is 4.39 Å². The third-order valence-electron chi connectivity index (χ3n) is 6.18. The van der Waals surface area contributed by atoms with Gasteiger partial charge in [0.15, 0.2) is 0 Å². The van der Waals surface area contributed by atoms with Crippen LogP contribution in [0.4, 0.5) is 4.39 Å². The van der Waals surface area contributed by atoms with Crippen LogP contribution >= 0.6 is 0 Å². The van der Waals surface area contributed by atoms with Gasteiger partial charge >= 0.3 is 0 Å². The Hall–Kier alpha value is -3.91. The van der Waals surface area contributed by atoms with Gasteiger partial charge in [0.25, 0.3) is 0 Å². The summed E-state index contributed by atoms with van der Waals surface area (Å²) in [5.74, 6) is -0.445. The third kappa shape index (κ3) is 4.97. The van der Waals surface area contributed by atoms with Gasteiger partial charge in [0.1, 0.15) is 17.2 Å². The Morgan fingerprint density at radius 3 is 1.54 bits per heavy atom. The van der Waals surface area contributed by atoms with Crippen LogP contribution in [0.3, 0.4) is 0 Å². The van der Waals surface area contributed by atoms with Crippen LogP contribution in [0.25, 0.3) is 33.6 Å². The molecular weight excluding hydrogens is 435 g/mol. The molecule has 0 aliphatic carbocycles. The zero-order chi connectivity index (χ0) is 25.4. The van der Waals surface area contributed by atoms with E-state index in [-0.39, 0.29) is 16.4 Å². The molecule has 0 N–H and O–H groups in total. The average Bonchev–Trinajstić information content (AvgIpc) is 2.83. The van der Waals surface area contributed by atoms with Crippen LogP contribution < -0.4 is 0 Å². The lowest BCUT2D eigenvalue weighted by atomic mass is 9.85. The molecule has 0 saturated heterocycles. The monoisotopic (exact) mass is 464 g/mol. The molecule has 5 heteroatoms. The van der Waals surface area contributed by atoms with Crippen molar-refractivity contribution in [3.05, 3.63) is 89.2 Å². The van der Waals surface area contributed by atoms with Gasteiger partial charge in [-0.1, -0.05) is 90.1 Å². The smallest absolute Gasteiger partial charge is 0.131 e. The molecule has 1 aromatic heterocycles. The second kappa shape index (κ2) is 9.03. The molecule has 0 amide bonds. The molecule has 4 aromatic rings. The fourth-order valence-corrected chi connectivity index (χ4v) is 4.03. The summed E-state index contributed by atoms with van der Waals surface area (Å²) in [6.45, 7) is 12.9. The largest absolute Gasteiger partial charge is 0.206 e. The molecule has 1 heterocycles. The molecule has 0 radical (unpaired) electrons. The molecular formula is C30H29FN4. The van der Waals surface area contributed by atoms with Crippen molar-refractivity contribution in [1.82, 2.24) is 15.4 Å². The zero-order valence-corrected chi connectivity index (χ0v) is 21.0. The Morgan fingerprint density at radius 1 is 0.686 bits per heavy atom. The van der Waals surface area contributed by atoms with Crippen LogP contribution in [-0.4, -0.2) is 15.4 Å². The number of nitrogens with zero attached hydrogens (tertiary/aromatic N) is 4. The molecule has 4 rings (SSSR count). The summed E-state index contributed by atoms with van der Waals surface area (Å²) >= 11 is 0. The van der Waals surface area contributed by atoms with Gasteiger partial charge in [0.2, 0.25) is 0 Å². The van der Waals surface area contributed by atoms with Gasteiger partial charge in [-0.15, -0.1) is 10.2 Å². The highest BCUT2D eigenvalue weighted by molar-refractivity contribution is 5.91. The van der Waals surface area contributed by atoms with E-state index in [1.54, 1.807) is 6.07 Å². The predicted molar refractivity (Wildman–Crippen MR) is 138 cm³/mol. The molecule has 176 valence electrons. The fraction of sp³-hybridized carbons (Fsp3) is 0.267. The van der Waals surface area contributed by atoms with Crippen molar-refractivity contribution >= 4 is 0 Å². The Labute approximate surface area is 206 Å². The first kappa shape index (κ1) is 24.2. The highest BCUT2D eigenvalue weighted by atomic mass is 19.1. The van der Waals surface area contributed by atoms with Crippen LogP contribution in [0, 0.1) is 17.1 Å². The van der Waals surface area contributed by atoms with E-state index >= 15 is 4.39 Å². The molecule has 4 nitrogen and oxygen atoms in total. The second-order valence-electron chi connectivity index (χ2n) is 10.8. The number of benzene rings is 3. The molecule has 0 aliphatic rings.